The zero-order chi connectivity index (χ0) is 13.2. The highest BCUT2D eigenvalue weighted by molar-refractivity contribution is 7.89. The minimum Gasteiger partial charge on any atom is -0.274 e. The van der Waals surface area contributed by atoms with Crippen LogP contribution in [0.25, 0.3) is 0 Å². The van der Waals surface area contributed by atoms with E-state index in [4.69, 9.17) is 0 Å². The van der Waals surface area contributed by atoms with Crippen molar-refractivity contribution in [3.05, 3.63) is 48.3 Å². The predicted molar refractivity (Wildman–Crippen MR) is 68.4 cm³/mol. The number of hydrogen-bond acceptors (Lipinski definition) is 3. The molecule has 0 spiro atoms. The lowest BCUT2D eigenvalue weighted by Crippen LogP contribution is -2.26. The predicted octanol–water partition coefficient (Wildman–Crippen LogP) is 1.46. The summed E-state index contributed by atoms with van der Waals surface area (Å²) >= 11 is 0. The van der Waals surface area contributed by atoms with Crippen LogP contribution in [0.3, 0.4) is 0 Å². The first-order chi connectivity index (χ1) is 8.49. The molecule has 1 N–H and O–H groups in total. The van der Waals surface area contributed by atoms with Crippen LogP contribution in [0.4, 0.5) is 0 Å². The van der Waals surface area contributed by atoms with E-state index < -0.39 is 10.0 Å². The number of nitrogens with zero attached hydrogens (tertiary/aromatic N) is 2. The molecule has 0 aliphatic rings. The molecule has 1 aromatic heterocycles. The Morgan fingerprint density at radius 2 is 1.94 bits per heavy atom. The molecule has 0 saturated heterocycles. The Morgan fingerprint density at radius 3 is 2.50 bits per heavy atom. The summed E-state index contributed by atoms with van der Waals surface area (Å²) in [5.41, 5.74) is 0.921. The van der Waals surface area contributed by atoms with Gasteiger partial charge in [0.05, 0.1) is 6.20 Å². The second kappa shape index (κ2) is 4.91. The van der Waals surface area contributed by atoms with Crippen LogP contribution in [0, 0.1) is 0 Å². The second-order valence-electron chi connectivity index (χ2n) is 4.10. The summed E-state index contributed by atoms with van der Waals surface area (Å²) in [5.74, 6) is 0. The van der Waals surface area contributed by atoms with Gasteiger partial charge in [-0.25, -0.2) is 13.1 Å². The van der Waals surface area contributed by atoms with Gasteiger partial charge in [-0.1, -0.05) is 30.3 Å². The zero-order valence-electron chi connectivity index (χ0n) is 10.2. The summed E-state index contributed by atoms with van der Waals surface area (Å²) in [7, 11) is -1.84. The quantitative estimate of drug-likeness (QED) is 0.910. The molecule has 0 fully saturated rings. The molecule has 0 bridgehead atoms. The summed E-state index contributed by atoms with van der Waals surface area (Å²) in [6, 6.07) is 9.14. The highest BCUT2D eigenvalue weighted by atomic mass is 32.2. The van der Waals surface area contributed by atoms with Crippen LogP contribution in [-0.2, 0) is 17.1 Å². The van der Waals surface area contributed by atoms with Crippen molar-refractivity contribution in [1.82, 2.24) is 14.5 Å². The fourth-order valence-electron chi connectivity index (χ4n) is 1.65. The summed E-state index contributed by atoms with van der Waals surface area (Å²) in [4.78, 5) is 0.174. The van der Waals surface area contributed by atoms with Gasteiger partial charge in [-0.3, -0.25) is 4.68 Å². The van der Waals surface area contributed by atoms with Crippen molar-refractivity contribution >= 4 is 10.0 Å². The van der Waals surface area contributed by atoms with Gasteiger partial charge >= 0.3 is 0 Å². The molecule has 0 radical (unpaired) electrons. The van der Waals surface area contributed by atoms with E-state index in [1.807, 2.05) is 37.3 Å². The van der Waals surface area contributed by atoms with E-state index in [1.165, 1.54) is 17.1 Å². The Bertz CT molecular complexity index is 620. The Labute approximate surface area is 107 Å². The van der Waals surface area contributed by atoms with E-state index in [2.05, 4.69) is 9.82 Å². The molecule has 0 aliphatic carbocycles. The van der Waals surface area contributed by atoms with E-state index >= 15 is 0 Å². The largest absolute Gasteiger partial charge is 0.274 e. The third-order valence-corrected chi connectivity index (χ3v) is 4.12. The van der Waals surface area contributed by atoms with Gasteiger partial charge in [0.2, 0.25) is 10.0 Å². The van der Waals surface area contributed by atoms with Gasteiger partial charge in [-0.05, 0) is 12.5 Å². The number of nitrogens with one attached hydrogen (secondary N) is 1. The number of aromatic nitrogens is 2. The van der Waals surface area contributed by atoms with Crippen molar-refractivity contribution in [1.29, 1.82) is 0 Å². The van der Waals surface area contributed by atoms with Crippen LogP contribution in [0.5, 0.6) is 0 Å². The van der Waals surface area contributed by atoms with Crippen LogP contribution >= 0.6 is 0 Å². The van der Waals surface area contributed by atoms with Crippen LogP contribution < -0.4 is 4.72 Å². The molecule has 0 aliphatic heterocycles. The Hall–Kier alpha value is -1.66. The van der Waals surface area contributed by atoms with Crippen molar-refractivity contribution in [3.8, 4) is 0 Å². The van der Waals surface area contributed by atoms with Crippen molar-refractivity contribution in [2.45, 2.75) is 17.9 Å². The van der Waals surface area contributed by atoms with E-state index in [1.54, 1.807) is 7.05 Å². The van der Waals surface area contributed by atoms with Gasteiger partial charge in [0, 0.05) is 19.3 Å². The van der Waals surface area contributed by atoms with Gasteiger partial charge in [-0.2, -0.15) is 5.10 Å². The molecule has 1 heterocycles. The zero-order valence-corrected chi connectivity index (χ0v) is 11.1. The Balaban J connectivity index is 2.19. The van der Waals surface area contributed by atoms with Crippen LogP contribution in [-0.4, -0.2) is 18.2 Å². The number of hydrogen-bond donors (Lipinski definition) is 1. The SMILES string of the molecule is C[C@@H](NS(=O)(=O)c1cnn(C)c1)c1ccccc1. The molecule has 1 aromatic carbocycles. The van der Waals surface area contributed by atoms with Gasteiger partial charge < -0.3 is 0 Å². The Kier molecular flexibility index (Phi) is 3.49. The molecule has 1 atom stereocenters. The van der Waals surface area contributed by atoms with E-state index in [9.17, 15) is 8.42 Å². The van der Waals surface area contributed by atoms with E-state index in [-0.39, 0.29) is 10.9 Å². The van der Waals surface area contributed by atoms with Gasteiger partial charge in [0.15, 0.2) is 0 Å². The van der Waals surface area contributed by atoms with Crippen LogP contribution in [0.15, 0.2) is 47.6 Å². The van der Waals surface area contributed by atoms with Crippen molar-refractivity contribution in [3.63, 3.8) is 0 Å². The molecule has 2 aromatic rings. The first-order valence-corrected chi connectivity index (χ1v) is 7.03. The maximum absolute atomic E-state index is 12.1. The first kappa shape index (κ1) is 12.8. The maximum atomic E-state index is 12.1. The number of sulfonamides is 1. The summed E-state index contributed by atoms with van der Waals surface area (Å²) < 4.78 is 28.2. The van der Waals surface area contributed by atoms with Crippen LogP contribution in [0.1, 0.15) is 18.5 Å². The Morgan fingerprint density at radius 1 is 1.28 bits per heavy atom. The van der Waals surface area contributed by atoms with Crippen molar-refractivity contribution in [2.75, 3.05) is 0 Å². The van der Waals surface area contributed by atoms with Gasteiger partial charge in [0.1, 0.15) is 4.90 Å². The molecule has 0 saturated carbocycles. The average molecular weight is 265 g/mol. The summed E-state index contributed by atoms with van der Waals surface area (Å²) in [5, 5.41) is 3.86. The summed E-state index contributed by atoms with van der Waals surface area (Å²) in [6.07, 6.45) is 2.81. The maximum Gasteiger partial charge on any atom is 0.244 e. The third-order valence-electron chi connectivity index (χ3n) is 2.62. The minimum atomic E-state index is -3.52. The standard InChI is InChI=1S/C12H15N3O2S/c1-10(11-6-4-3-5-7-11)14-18(16,17)12-8-13-15(2)9-12/h3-10,14H,1-2H3/t10-/m1/s1. The minimum absolute atomic E-state index is 0.174. The molecule has 2 rings (SSSR count). The smallest absolute Gasteiger partial charge is 0.244 e. The molecule has 96 valence electrons. The van der Waals surface area contributed by atoms with Crippen molar-refractivity contribution < 1.29 is 8.42 Å². The first-order valence-electron chi connectivity index (χ1n) is 5.55. The van der Waals surface area contributed by atoms with Crippen LogP contribution in [0.2, 0.25) is 0 Å². The molecular formula is C12H15N3O2S. The number of aryl methyl sites for hydroxylation is 1. The van der Waals surface area contributed by atoms with Gasteiger partial charge in [-0.15, -0.1) is 0 Å². The molecule has 5 nitrogen and oxygen atoms in total. The highest BCUT2D eigenvalue weighted by Crippen LogP contribution is 2.15. The monoisotopic (exact) mass is 265 g/mol. The average Bonchev–Trinajstić information content (AvgIpc) is 2.77. The van der Waals surface area contributed by atoms with Crippen molar-refractivity contribution in [2.24, 2.45) is 7.05 Å². The number of rotatable bonds is 4. The lowest BCUT2D eigenvalue weighted by atomic mass is 10.1. The molecule has 0 amide bonds. The molecule has 18 heavy (non-hydrogen) atoms. The molecule has 6 heteroatoms. The topological polar surface area (TPSA) is 64.0 Å². The molecule has 0 unspecified atom stereocenters. The fourth-order valence-corrected chi connectivity index (χ4v) is 2.86. The lowest BCUT2D eigenvalue weighted by molar-refractivity contribution is 0.567. The normalized spacial score (nSPS) is 13.4. The third kappa shape index (κ3) is 2.77. The second-order valence-corrected chi connectivity index (χ2v) is 5.82. The number of benzene rings is 1. The fraction of sp³-hybridized carbons (Fsp3) is 0.250. The molecular weight excluding hydrogens is 250 g/mol. The van der Waals surface area contributed by atoms with E-state index in [0.29, 0.717) is 0 Å². The highest BCUT2D eigenvalue weighted by Gasteiger charge is 2.19. The van der Waals surface area contributed by atoms with E-state index in [0.717, 1.165) is 5.56 Å². The summed E-state index contributed by atoms with van der Waals surface area (Å²) in [6.45, 7) is 1.81. The van der Waals surface area contributed by atoms with Gasteiger partial charge in [0.25, 0.3) is 0 Å². The lowest BCUT2D eigenvalue weighted by Gasteiger charge is -2.13.